The van der Waals surface area contributed by atoms with Gasteiger partial charge in [-0.25, -0.2) is 0 Å². The largest absolute Gasteiger partial charge is 0.355 e. The van der Waals surface area contributed by atoms with E-state index in [0.717, 1.165) is 30.7 Å². The van der Waals surface area contributed by atoms with Crippen LogP contribution in [0.1, 0.15) is 64.2 Å². The van der Waals surface area contributed by atoms with E-state index in [2.05, 4.69) is 5.32 Å². The Balaban J connectivity index is 1.38. The Labute approximate surface area is 128 Å². The topological polar surface area (TPSA) is 55.1 Å². The highest BCUT2D eigenvalue weighted by atomic mass is 16.2. The summed E-state index contributed by atoms with van der Waals surface area (Å²) in [4.78, 5) is 12.9. The van der Waals surface area contributed by atoms with Crippen LogP contribution in [0.25, 0.3) is 0 Å². The van der Waals surface area contributed by atoms with Crippen LogP contribution in [-0.2, 0) is 4.79 Å². The lowest BCUT2D eigenvalue weighted by atomic mass is 9.49. The van der Waals surface area contributed by atoms with E-state index in [1.807, 2.05) is 0 Å². The zero-order valence-electron chi connectivity index (χ0n) is 13.2. The maximum absolute atomic E-state index is 12.9. The monoisotopic (exact) mass is 290 g/mol. The summed E-state index contributed by atoms with van der Waals surface area (Å²) in [7, 11) is 0. The minimum absolute atomic E-state index is 0.00745. The molecule has 0 aromatic carbocycles. The van der Waals surface area contributed by atoms with Crippen LogP contribution in [0.2, 0.25) is 0 Å². The van der Waals surface area contributed by atoms with Gasteiger partial charge >= 0.3 is 0 Å². The summed E-state index contributed by atoms with van der Waals surface area (Å²) >= 11 is 0. The zero-order chi connectivity index (χ0) is 14.4. The van der Waals surface area contributed by atoms with Gasteiger partial charge in [0, 0.05) is 18.0 Å². The molecule has 21 heavy (non-hydrogen) atoms. The van der Waals surface area contributed by atoms with Crippen molar-refractivity contribution in [2.24, 2.45) is 34.8 Å². The van der Waals surface area contributed by atoms with Crippen molar-refractivity contribution in [2.45, 2.75) is 70.3 Å². The second-order valence-electron chi connectivity index (χ2n) is 8.62. The summed E-state index contributed by atoms with van der Waals surface area (Å²) in [5.41, 5.74) is 6.23. The smallest absolute Gasteiger partial charge is 0.226 e. The molecule has 3 N–H and O–H groups in total. The Hall–Kier alpha value is -0.570. The molecule has 0 aromatic rings. The third-order valence-corrected chi connectivity index (χ3v) is 7.01. The van der Waals surface area contributed by atoms with Gasteiger partial charge in [0.25, 0.3) is 0 Å². The van der Waals surface area contributed by atoms with Crippen LogP contribution in [0.4, 0.5) is 0 Å². The number of nitrogens with one attached hydrogen (secondary N) is 1. The Morgan fingerprint density at radius 3 is 2.14 bits per heavy atom. The summed E-state index contributed by atoms with van der Waals surface area (Å²) < 4.78 is 0. The number of carbonyl (C=O) groups excluding carboxylic acids is 1. The van der Waals surface area contributed by atoms with Crippen LogP contribution in [0.3, 0.4) is 0 Å². The van der Waals surface area contributed by atoms with Crippen LogP contribution >= 0.6 is 0 Å². The normalized spacial score (nSPS) is 48.3. The number of amides is 1. The molecule has 2 unspecified atom stereocenters. The fourth-order valence-corrected chi connectivity index (χ4v) is 6.29. The number of nitrogens with two attached hydrogens (primary N) is 1. The lowest BCUT2D eigenvalue weighted by Crippen LogP contribution is -2.54. The highest BCUT2D eigenvalue weighted by Gasteiger charge is 2.54. The molecule has 0 heterocycles. The van der Waals surface area contributed by atoms with Gasteiger partial charge in [0.1, 0.15) is 0 Å². The van der Waals surface area contributed by atoms with Crippen molar-refractivity contribution < 1.29 is 4.79 Å². The maximum atomic E-state index is 12.9. The Bertz CT molecular complexity index is 384. The molecule has 4 bridgehead atoms. The zero-order valence-corrected chi connectivity index (χ0v) is 13.2. The van der Waals surface area contributed by atoms with Crippen LogP contribution in [0.15, 0.2) is 0 Å². The van der Waals surface area contributed by atoms with Crippen LogP contribution in [0, 0.1) is 29.1 Å². The fourth-order valence-electron chi connectivity index (χ4n) is 6.29. The molecule has 0 radical (unpaired) electrons. The first-order valence-corrected chi connectivity index (χ1v) is 9.18. The summed E-state index contributed by atoms with van der Waals surface area (Å²) in [6, 6.07) is 0.301. The predicted molar refractivity (Wildman–Crippen MR) is 83.5 cm³/mol. The van der Waals surface area contributed by atoms with Crippen molar-refractivity contribution in [1.82, 2.24) is 5.32 Å². The SMILES string of the molecule is NC1CCCCC1CNC(=O)C12CC3CC(CC(C3)C1)C2. The standard InChI is InChI=1S/C18H30N2O/c19-16-4-2-1-3-15(16)11-20-17(21)18-8-12-5-13(9-18)7-14(6-12)10-18/h12-16H,1-11,19H2,(H,20,21). The molecule has 5 fully saturated rings. The molecule has 3 heteroatoms. The molecule has 0 aromatic heterocycles. The predicted octanol–water partition coefficient (Wildman–Crippen LogP) is 2.84. The minimum atomic E-state index is 0.00745. The van der Waals surface area contributed by atoms with Gasteiger partial charge in [-0.1, -0.05) is 12.8 Å². The first-order chi connectivity index (χ1) is 10.1. The van der Waals surface area contributed by atoms with Crippen molar-refractivity contribution in [3.05, 3.63) is 0 Å². The fraction of sp³-hybridized carbons (Fsp3) is 0.944. The Kier molecular flexibility index (Phi) is 3.52. The van der Waals surface area contributed by atoms with Gasteiger partial charge in [-0.3, -0.25) is 4.79 Å². The van der Waals surface area contributed by atoms with Crippen molar-refractivity contribution in [2.75, 3.05) is 6.54 Å². The van der Waals surface area contributed by atoms with Gasteiger partial charge in [0.15, 0.2) is 0 Å². The molecule has 2 atom stereocenters. The van der Waals surface area contributed by atoms with E-state index in [4.69, 9.17) is 5.73 Å². The summed E-state index contributed by atoms with van der Waals surface area (Å²) in [6.45, 7) is 0.821. The molecule has 5 aliphatic carbocycles. The summed E-state index contributed by atoms with van der Waals surface area (Å²) in [6.07, 6.45) is 12.6. The third-order valence-electron chi connectivity index (χ3n) is 7.01. The van der Waals surface area contributed by atoms with Crippen molar-refractivity contribution >= 4 is 5.91 Å². The Morgan fingerprint density at radius 2 is 1.57 bits per heavy atom. The minimum Gasteiger partial charge on any atom is -0.355 e. The van der Waals surface area contributed by atoms with Gasteiger partial charge in [0.2, 0.25) is 5.91 Å². The Morgan fingerprint density at radius 1 is 1.00 bits per heavy atom. The van der Waals surface area contributed by atoms with E-state index in [-0.39, 0.29) is 5.41 Å². The second kappa shape index (κ2) is 5.26. The number of hydrogen-bond acceptors (Lipinski definition) is 2. The molecule has 0 saturated heterocycles. The van der Waals surface area contributed by atoms with Gasteiger partial charge < -0.3 is 11.1 Å². The van der Waals surface area contributed by atoms with Crippen molar-refractivity contribution in [3.8, 4) is 0 Å². The molecular weight excluding hydrogens is 260 g/mol. The van der Waals surface area contributed by atoms with Gasteiger partial charge in [0.05, 0.1) is 0 Å². The molecule has 1 amide bonds. The highest BCUT2D eigenvalue weighted by Crippen LogP contribution is 2.60. The second-order valence-corrected chi connectivity index (χ2v) is 8.62. The van der Waals surface area contributed by atoms with Crippen LogP contribution in [-0.4, -0.2) is 18.5 Å². The van der Waals surface area contributed by atoms with E-state index >= 15 is 0 Å². The molecule has 3 nitrogen and oxygen atoms in total. The number of carbonyl (C=O) groups is 1. The van der Waals surface area contributed by atoms with Crippen molar-refractivity contribution in [3.63, 3.8) is 0 Å². The van der Waals surface area contributed by atoms with E-state index < -0.39 is 0 Å². The first-order valence-electron chi connectivity index (χ1n) is 9.18. The lowest BCUT2D eigenvalue weighted by Gasteiger charge is -2.55. The maximum Gasteiger partial charge on any atom is 0.226 e. The van der Waals surface area contributed by atoms with Gasteiger partial charge in [-0.15, -0.1) is 0 Å². The molecule has 0 aliphatic heterocycles. The quantitative estimate of drug-likeness (QED) is 0.840. The number of rotatable bonds is 3. The summed E-state index contributed by atoms with van der Waals surface area (Å²) in [5.74, 6) is 3.42. The molecule has 0 spiro atoms. The molecule has 5 saturated carbocycles. The molecule has 5 aliphatic rings. The van der Waals surface area contributed by atoms with E-state index in [1.54, 1.807) is 0 Å². The molecule has 5 rings (SSSR count). The van der Waals surface area contributed by atoms with E-state index in [0.29, 0.717) is 17.9 Å². The average Bonchev–Trinajstić information content (AvgIpc) is 2.44. The van der Waals surface area contributed by atoms with Crippen molar-refractivity contribution in [1.29, 1.82) is 0 Å². The van der Waals surface area contributed by atoms with Gasteiger partial charge in [-0.2, -0.15) is 0 Å². The summed E-state index contributed by atoms with van der Waals surface area (Å²) in [5, 5.41) is 3.32. The van der Waals surface area contributed by atoms with E-state index in [1.165, 1.54) is 57.8 Å². The molecule has 118 valence electrons. The highest BCUT2D eigenvalue weighted by molar-refractivity contribution is 5.83. The average molecular weight is 290 g/mol. The third kappa shape index (κ3) is 2.52. The lowest BCUT2D eigenvalue weighted by molar-refractivity contribution is -0.146. The van der Waals surface area contributed by atoms with Crippen LogP contribution in [0.5, 0.6) is 0 Å². The molecular formula is C18H30N2O. The van der Waals surface area contributed by atoms with Gasteiger partial charge in [-0.05, 0) is 75.0 Å². The van der Waals surface area contributed by atoms with Crippen LogP contribution < -0.4 is 11.1 Å². The number of hydrogen-bond donors (Lipinski definition) is 2. The van der Waals surface area contributed by atoms with E-state index in [9.17, 15) is 4.79 Å². The first kappa shape index (κ1) is 14.0.